The highest BCUT2D eigenvalue weighted by Gasteiger charge is 2.34. The number of para-hydroxylation sites is 1. The van der Waals surface area contributed by atoms with Gasteiger partial charge in [0.25, 0.3) is 5.69 Å². The van der Waals surface area contributed by atoms with Crippen molar-refractivity contribution in [1.29, 1.82) is 0 Å². The number of alkyl halides is 1. The van der Waals surface area contributed by atoms with E-state index in [2.05, 4.69) is 31.9 Å². The molecule has 5 nitrogen and oxygen atoms in total. The van der Waals surface area contributed by atoms with Crippen molar-refractivity contribution < 1.29 is 9.72 Å². The van der Waals surface area contributed by atoms with Gasteiger partial charge in [0, 0.05) is 28.8 Å². The molecular weight excluding hydrogens is 368 g/mol. The maximum atomic E-state index is 11.9. The molecule has 1 fully saturated rings. The van der Waals surface area contributed by atoms with Gasteiger partial charge in [-0.3, -0.25) is 14.9 Å². The van der Waals surface area contributed by atoms with Crippen LogP contribution in [-0.2, 0) is 4.79 Å². The third kappa shape index (κ3) is 2.42. The van der Waals surface area contributed by atoms with Gasteiger partial charge in [-0.05, 0) is 27.9 Å². The summed E-state index contributed by atoms with van der Waals surface area (Å²) < 4.78 is 0.570. The van der Waals surface area contributed by atoms with Crippen LogP contribution < -0.4 is 4.90 Å². The Balaban J connectivity index is 2.45. The summed E-state index contributed by atoms with van der Waals surface area (Å²) >= 11 is 6.63. The Kier molecular flexibility index (Phi) is 4.01. The Morgan fingerprint density at radius 3 is 2.78 bits per heavy atom. The molecule has 0 aliphatic carbocycles. The van der Waals surface area contributed by atoms with Crippen molar-refractivity contribution in [2.45, 2.75) is 6.42 Å². The number of amides is 1. The molecule has 0 saturated carbocycles. The lowest BCUT2D eigenvalue weighted by Gasteiger charge is -2.17. The molecule has 1 aromatic carbocycles. The van der Waals surface area contributed by atoms with Crippen LogP contribution in [0.25, 0.3) is 0 Å². The number of hydrogen-bond donors (Lipinski definition) is 0. The molecule has 0 radical (unpaired) electrons. The highest BCUT2D eigenvalue weighted by molar-refractivity contribution is 9.10. The number of nitro benzene ring substituents is 1. The molecule has 1 saturated heterocycles. The van der Waals surface area contributed by atoms with Crippen molar-refractivity contribution in [3.05, 3.63) is 32.8 Å². The number of carbonyl (C=O) groups excluding carboxylic acids is 1. The second-order valence-corrected chi connectivity index (χ2v) is 5.60. The quantitative estimate of drug-likeness (QED) is 0.462. The predicted molar refractivity (Wildman–Crippen MR) is 75.1 cm³/mol. The van der Waals surface area contributed by atoms with Crippen LogP contribution in [0, 0.1) is 16.0 Å². The van der Waals surface area contributed by atoms with Crippen molar-refractivity contribution in [3.63, 3.8) is 0 Å². The SMILES string of the molecule is O=C1CC(CBr)CN1c1c(Br)cccc1[N+](=O)[O-]. The second-order valence-electron chi connectivity index (χ2n) is 4.09. The molecule has 18 heavy (non-hydrogen) atoms. The fraction of sp³-hybridized carbons (Fsp3) is 0.364. The minimum Gasteiger partial charge on any atom is -0.305 e. The topological polar surface area (TPSA) is 63.5 Å². The van der Waals surface area contributed by atoms with Crippen LogP contribution in [0.1, 0.15) is 6.42 Å². The third-order valence-corrected chi connectivity index (χ3v) is 4.41. The molecule has 2 rings (SSSR count). The van der Waals surface area contributed by atoms with Crippen molar-refractivity contribution >= 4 is 49.1 Å². The molecule has 1 unspecified atom stereocenters. The first kappa shape index (κ1) is 13.5. The molecule has 1 amide bonds. The number of benzene rings is 1. The second kappa shape index (κ2) is 5.36. The third-order valence-electron chi connectivity index (χ3n) is 2.86. The maximum absolute atomic E-state index is 11.9. The van der Waals surface area contributed by atoms with Gasteiger partial charge in [-0.1, -0.05) is 22.0 Å². The lowest BCUT2D eigenvalue weighted by Crippen LogP contribution is -2.26. The first-order valence-electron chi connectivity index (χ1n) is 5.33. The normalized spacial score (nSPS) is 19.3. The summed E-state index contributed by atoms with van der Waals surface area (Å²) in [5.74, 6) is 0.124. The first-order valence-corrected chi connectivity index (χ1v) is 7.25. The molecule has 96 valence electrons. The van der Waals surface area contributed by atoms with E-state index in [0.29, 0.717) is 28.5 Å². The standard InChI is InChI=1S/C11H10Br2N2O3/c12-5-7-4-10(16)14(6-7)11-8(13)2-1-3-9(11)15(17)18/h1-3,7H,4-6H2. The predicted octanol–water partition coefficient (Wildman–Crippen LogP) is 3.11. The number of nitro groups is 1. The van der Waals surface area contributed by atoms with Crippen molar-refractivity contribution in [2.24, 2.45) is 5.92 Å². The van der Waals surface area contributed by atoms with Gasteiger partial charge in [0.2, 0.25) is 5.91 Å². The monoisotopic (exact) mass is 376 g/mol. The Morgan fingerprint density at radius 1 is 1.50 bits per heavy atom. The summed E-state index contributed by atoms with van der Waals surface area (Å²) in [5.41, 5.74) is 0.309. The summed E-state index contributed by atoms with van der Waals surface area (Å²) in [5, 5.41) is 11.7. The molecule has 0 aromatic heterocycles. The van der Waals surface area contributed by atoms with Crippen LogP contribution in [0.2, 0.25) is 0 Å². The number of hydrogen-bond acceptors (Lipinski definition) is 3. The number of nitrogens with zero attached hydrogens (tertiary/aromatic N) is 2. The van der Waals surface area contributed by atoms with Gasteiger partial charge in [0.1, 0.15) is 5.69 Å². The van der Waals surface area contributed by atoms with Crippen LogP contribution >= 0.6 is 31.9 Å². The highest BCUT2D eigenvalue weighted by Crippen LogP contribution is 2.38. The van der Waals surface area contributed by atoms with Gasteiger partial charge in [-0.2, -0.15) is 0 Å². The van der Waals surface area contributed by atoms with Gasteiger partial charge >= 0.3 is 0 Å². The number of carbonyl (C=O) groups is 1. The summed E-state index contributed by atoms with van der Waals surface area (Å²) in [6, 6.07) is 4.71. The van der Waals surface area contributed by atoms with E-state index in [1.54, 1.807) is 12.1 Å². The Labute approximate surface area is 121 Å². The van der Waals surface area contributed by atoms with E-state index >= 15 is 0 Å². The van der Waals surface area contributed by atoms with Crippen molar-refractivity contribution in [1.82, 2.24) is 0 Å². The lowest BCUT2D eigenvalue weighted by molar-refractivity contribution is -0.384. The number of rotatable bonds is 3. The van der Waals surface area contributed by atoms with E-state index in [0.717, 1.165) is 0 Å². The fourth-order valence-corrected chi connectivity index (χ4v) is 3.02. The van der Waals surface area contributed by atoms with Crippen LogP contribution in [0.15, 0.2) is 22.7 Å². The highest BCUT2D eigenvalue weighted by atomic mass is 79.9. The zero-order chi connectivity index (χ0) is 13.3. The Bertz CT molecular complexity index is 507. The molecule has 0 N–H and O–H groups in total. The van der Waals surface area contributed by atoms with Crippen molar-refractivity contribution in [3.8, 4) is 0 Å². The zero-order valence-electron chi connectivity index (χ0n) is 9.31. The minimum atomic E-state index is -0.463. The lowest BCUT2D eigenvalue weighted by atomic mass is 10.2. The van der Waals surface area contributed by atoms with E-state index in [1.807, 2.05) is 0 Å². The van der Waals surface area contributed by atoms with E-state index < -0.39 is 4.92 Å². The summed E-state index contributed by atoms with van der Waals surface area (Å²) in [6.45, 7) is 0.507. The fourth-order valence-electron chi connectivity index (χ4n) is 2.02. The summed E-state index contributed by atoms with van der Waals surface area (Å²) in [6.07, 6.45) is 0.420. The zero-order valence-corrected chi connectivity index (χ0v) is 12.5. The average Bonchev–Trinajstić information content (AvgIpc) is 2.70. The van der Waals surface area contributed by atoms with Crippen molar-refractivity contribution in [2.75, 3.05) is 16.8 Å². The average molecular weight is 378 g/mol. The van der Waals surface area contributed by atoms with E-state index in [9.17, 15) is 14.9 Å². The van der Waals surface area contributed by atoms with Crippen LogP contribution in [-0.4, -0.2) is 22.7 Å². The maximum Gasteiger partial charge on any atom is 0.294 e. The molecule has 1 atom stereocenters. The van der Waals surface area contributed by atoms with E-state index in [-0.39, 0.29) is 17.5 Å². The van der Waals surface area contributed by atoms with Gasteiger partial charge in [-0.15, -0.1) is 0 Å². The van der Waals surface area contributed by atoms with Crippen LogP contribution in [0.4, 0.5) is 11.4 Å². The molecule has 1 aromatic rings. The molecule has 1 heterocycles. The molecule has 1 aliphatic rings. The number of anilines is 1. The van der Waals surface area contributed by atoms with Gasteiger partial charge < -0.3 is 4.90 Å². The van der Waals surface area contributed by atoms with Gasteiger partial charge in [0.05, 0.1) is 4.92 Å². The molecule has 0 spiro atoms. The summed E-state index contributed by atoms with van der Waals surface area (Å²) in [4.78, 5) is 24.0. The van der Waals surface area contributed by atoms with Crippen LogP contribution in [0.5, 0.6) is 0 Å². The Morgan fingerprint density at radius 2 is 2.22 bits per heavy atom. The number of halogens is 2. The molecule has 7 heteroatoms. The van der Waals surface area contributed by atoms with E-state index in [4.69, 9.17) is 0 Å². The van der Waals surface area contributed by atoms with Crippen LogP contribution in [0.3, 0.4) is 0 Å². The molecule has 1 aliphatic heterocycles. The molecular formula is C11H10Br2N2O3. The smallest absolute Gasteiger partial charge is 0.294 e. The largest absolute Gasteiger partial charge is 0.305 e. The minimum absolute atomic E-state index is 0.0482. The van der Waals surface area contributed by atoms with Gasteiger partial charge in [-0.25, -0.2) is 0 Å². The molecule has 0 bridgehead atoms. The first-order chi connectivity index (χ1) is 8.54. The van der Waals surface area contributed by atoms with E-state index in [1.165, 1.54) is 11.0 Å². The van der Waals surface area contributed by atoms with Gasteiger partial charge in [0.15, 0.2) is 0 Å². The summed E-state index contributed by atoms with van der Waals surface area (Å²) in [7, 11) is 0. The Hall–Kier alpha value is -0.950.